The van der Waals surface area contributed by atoms with Crippen molar-refractivity contribution in [2.45, 2.75) is 32.1 Å². The van der Waals surface area contributed by atoms with Crippen molar-refractivity contribution in [2.24, 2.45) is 10.9 Å². The van der Waals surface area contributed by atoms with Crippen LogP contribution in [0.15, 0.2) is 35.0 Å². The molecule has 1 aromatic rings. The molecule has 1 fully saturated rings. The molecule has 1 saturated heterocycles. The van der Waals surface area contributed by atoms with Gasteiger partial charge in [0.25, 0.3) is 0 Å². The van der Waals surface area contributed by atoms with Crippen LogP contribution in [-0.2, 0) is 4.79 Å². The lowest BCUT2D eigenvalue weighted by Crippen LogP contribution is -2.39. The van der Waals surface area contributed by atoms with Crippen LogP contribution in [0.3, 0.4) is 0 Å². The Balaban J connectivity index is 1.79. The minimum absolute atomic E-state index is 0.253. The standard InChI is InChI=1S/C18H20N2O2/c21-16(22)8-7-12-4-3-10-20-11-9-15-17(18(12)20)13-5-1-2-6-14(13)19-15/h1-2,5-6,12H,3-4,7-11H2,(H,21,22). The van der Waals surface area contributed by atoms with Crippen LogP contribution >= 0.6 is 0 Å². The van der Waals surface area contributed by atoms with E-state index in [1.165, 1.54) is 22.5 Å². The van der Waals surface area contributed by atoms with Crippen LogP contribution in [0.5, 0.6) is 0 Å². The van der Waals surface area contributed by atoms with Crippen LogP contribution in [0.25, 0.3) is 5.57 Å². The number of allylic oxidation sites excluding steroid dienone is 2. The molecule has 22 heavy (non-hydrogen) atoms. The van der Waals surface area contributed by atoms with Crippen molar-refractivity contribution in [1.29, 1.82) is 0 Å². The Kier molecular flexibility index (Phi) is 3.25. The monoisotopic (exact) mass is 296 g/mol. The second-order valence-electron chi connectivity index (χ2n) is 6.34. The van der Waals surface area contributed by atoms with Gasteiger partial charge in [-0.15, -0.1) is 0 Å². The van der Waals surface area contributed by atoms with Gasteiger partial charge in [-0.3, -0.25) is 9.79 Å². The summed E-state index contributed by atoms with van der Waals surface area (Å²) < 4.78 is 0. The fourth-order valence-electron chi connectivity index (χ4n) is 4.06. The van der Waals surface area contributed by atoms with E-state index >= 15 is 0 Å². The molecule has 3 heterocycles. The molecule has 1 aromatic carbocycles. The molecule has 4 nitrogen and oxygen atoms in total. The van der Waals surface area contributed by atoms with E-state index in [1.807, 2.05) is 6.07 Å². The average Bonchev–Trinajstić information content (AvgIpc) is 2.91. The highest BCUT2D eigenvalue weighted by atomic mass is 16.4. The SMILES string of the molecule is O=C(O)CCC1CCCN2CCC3=Nc4ccccc4C3=C12. The third-order valence-corrected chi connectivity index (χ3v) is 5.01. The number of aliphatic carboxylic acids is 1. The molecule has 3 aliphatic heterocycles. The van der Waals surface area contributed by atoms with Crippen molar-refractivity contribution in [3.05, 3.63) is 35.5 Å². The van der Waals surface area contributed by atoms with E-state index in [9.17, 15) is 4.79 Å². The number of hydrogen-bond donors (Lipinski definition) is 1. The number of rotatable bonds is 3. The van der Waals surface area contributed by atoms with Crippen molar-refractivity contribution in [3.63, 3.8) is 0 Å². The van der Waals surface area contributed by atoms with Crippen molar-refractivity contribution >= 4 is 22.9 Å². The smallest absolute Gasteiger partial charge is 0.303 e. The van der Waals surface area contributed by atoms with Crippen LogP contribution in [0.1, 0.15) is 37.7 Å². The molecule has 0 amide bonds. The van der Waals surface area contributed by atoms with Crippen LogP contribution in [0.2, 0.25) is 0 Å². The molecule has 0 bridgehead atoms. The third kappa shape index (κ3) is 2.14. The van der Waals surface area contributed by atoms with Crippen LogP contribution in [0, 0.1) is 5.92 Å². The molecule has 1 atom stereocenters. The van der Waals surface area contributed by atoms with Gasteiger partial charge in [-0.25, -0.2) is 0 Å². The first-order valence-corrected chi connectivity index (χ1v) is 8.12. The number of aliphatic imine (C=N–C) groups is 1. The Hall–Kier alpha value is -2.10. The fraction of sp³-hybridized carbons (Fsp3) is 0.444. The van der Waals surface area contributed by atoms with Crippen molar-refractivity contribution in [1.82, 2.24) is 4.90 Å². The number of hydrogen-bond acceptors (Lipinski definition) is 3. The van der Waals surface area contributed by atoms with E-state index in [0.29, 0.717) is 5.92 Å². The zero-order valence-electron chi connectivity index (χ0n) is 12.6. The lowest BCUT2D eigenvalue weighted by molar-refractivity contribution is -0.137. The van der Waals surface area contributed by atoms with Crippen LogP contribution in [-0.4, -0.2) is 34.8 Å². The second kappa shape index (κ2) is 5.27. The number of para-hydroxylation sites is 1. The fourth-order valence-corrected chi connectivity index (χ4v) is 4.06. The summed E-state index contributed by atoms with van der Waals surface area (Å²) in [7, 11) is 0. The number of carboxylic acids is 1. The summed E-state index contributed by atoms with van der Waals surface area (Å²) in [5.41, 5.74) is 6.18. The summed E-state index contributed by atoms with van der Waals surface area (Å²) in [6.45, 7) is 2.12. The number of fused-ring (bicyclic) bond motifs is 4. The summed E-state index contributed by atoms with van der Waals surface area (Å²) in [5, 5.41) is 9.03. The average molecular weight is 296 g/mol. The van der Waals surface area contributed by atoms with E-state index in [-0.39, 0.29) is 6.42 Å². The van der Waals surface area contributed by atoms with E-state index in [4.69, 9.17) is 10.1 Å². The minimum atomic E-state index is -0.695. The predicted octanol–water partition coefficient (Wildman–Crippen LogP) is 3.46. The number of carboxylic acid groups (broad SMARTS) is 1. The van der Waals surface area contributed by atoms with Gasteiger partial charge in [-0.1, -0.05) is 18.2 Å². The zero-order valence-corrected chi connectivity index (χ0v) is 12.6. The number of carbonyl (C=O) groups is 1. The molecule has 114 valence electrons. The van der Waals surface area contributed by atoms with E-state index < -0.39 is 5.97 Å². The van der Waals surface area contributed by atoms with Crippen LogP contribution < -0.4 is 0 Å². The molecule has 0 radical (unpaired) electrons. The molecule has 0 aliphatic carbocycles. The summed E-state index contributed by atoms with van der Waals surface area (Å²) >= 11 is 0. The molecule has 0 spiro atoms. The molecular weight excluding hydrogens is 276 g/mol. The van der Waals surface area contributed by atoms with E-state index in [0.717, 1.165) is 44.5 Å². The number of piperidine rings is 1. The van der Waals surface area contributed by atoms with Gasteiger partial charge in [0, 0.05) is 48.7 Å². The Morgan fingerprint density at radius 3 is 3.05 bits per heavy atom. The van der Waals surface area contributed by atoms with Gasteiger partial charge in [0.2, 0.25) is 0 Å². The lowest BCUT2D eigenvalue weighted by Gasteiger charge is -2.41. The normalized spacial score (nSPS) is 22.8. The van der Waals surface area contributed by atoms with Gasteiger partial charge in [-0.2, -0.15) is 0 Å². The Bertz CT molecular complexity index is 690. The van der Waals surface area contributed by atoms with E-state index in [2.05, 4.69) is 23.1 Å². The van der Waals surface area contributed by atoms with Gasteiger partial charge in [0.05, 0.1) is 11.4 Å². The van der Waals surface area contributed by atoms with Crippen molar-refractivity contribution in [2.75, 3.05) is 13.1 Å². The summed E-state index contributed by atoms with van der Waals surface area (Å²) in [5.74, 6) is -0.337. The highest BCUT2D eigenvalue weighted by molar-refractivity contribution is 6.30. The predicted molar refractivity (Wildman–Crippen MR) is 86.2 cm³/mol. The highest BCUT2D eigenvalue weighted by Gasteiger charge is 2.36. The maximum atomic E-state index is 11.0. The maximum absolute atomic E-state index is 11.0. The molecule has 0 saturated carbocycles. The first kappa shape index (κ1) is 13.6. The molecular formula is C18H20N2O2. The third-order valence-electron chi connectivity index (χ3n) is 5.01. The van der Waals surface area contributed by atoms with Crippen LogP contribution in [0.4, 0.5) is 5.69 Å². The summed E-state index contributed by atoms with van der Waals surface area (Å²) in [6, 6.07) is 8.33. The molecule has 1 N–H and O–H groups in total. The van der Waals surface area contributed by atoms with Crippen molar-refractivity contribution in [3.8, 4) is 0 Å². The minimum Gasteiger partial charge on any atom is -0.481 e. The van der Waals surface area contributed by atoms with Gasteiger partial charge >= 0.3 is 5.97 Å². The lowest BCUT2D eigenvalue weighted by atomic mass is 9.82. The summed E-state index contributed by atoms with van der Waals surface area (Å²) in [4.78, 5) is 18.3. The van der Waals surface area contributed by atoms with Gasteiger partial charge in [0.1, 0.15) is 0 Å². The maximum Gasteiger partial charge on any atom is 0.303 e. The largest absolute Gasteiger partial charge is 0.481 e. The molecule has 4 rings (SSSR count). The quantitative estimate of drug-likeness (QED) is 0.929. The van der Waals surface area contributed by atoms with Gasteiger partial charge in [0.15, 0.2) is 0 Å². The molecule has 3 aliphatic rings. The Morgan fingerprint density at radius 2 is 2.18 bits per heavy atom. The first-order valence-electron chi connectivity index (χ1n) is 8.12. The Labute approximate surface area is 130 Å². The highest BCUT2D eigenvalue weighted by Crippen LogP contribution is 2.45. The van der Waals surface area contributed by atoms with Gasteiger partial charge in [-0.05, 0) is 25.3 Å². The molecule has 1 unspecified atom stereocenters. The first-order chi connectivity index (χ1) is 10.7. The number of benzene rings is 1. The number of nitrogens with zero attached hydrogens (tertiary/aromatic N) is 2. The summed E-state index contributed by atoms with van der Waals surface area (Å²) in [6.07, 6.45) is 4.25. The van der Waals surface area contributed by atoms with Gasteiger partial charge < -0.3 is 10.0 Å². The van der Waals surface area contributed by atoms with Crippen molar-refractivity contribution < 1.29 is 9.90 Å². The Morgan fingerprint density at radius 1 is 1.32 bits per heavy atom. The second-order valence-corrected chi connectivity index (χ2v) is 6.34. The molecule has 4 heteroatoms. The van der Waals surface area contributed by atoms with E-state index in [1.54, 1.807) is 0 Å². The zero-order chi connectivity index (χ0) is 15.1. The topological polar surface area (TPSA) is 52.9 Å². The molecule has 0 aromatic heterocycles.